The van der Waals surface area contributed by atoms with E-state index in [1.165, 1.54) is 0 Å². The largest absolute Gasteiger partial charge is 0.289 e. The van der Waals surface area contributed by atoms with Crippen LogP contribution in [0.15, 0.2) is 72.8 Å². The Morgan fingerprint density at radius 3 is 1.35 bits per heavy atom. The van der Waals surface area contributed by atoms with Crippen LogP contribution < -0.4 is 0 Å². The van der Waals surface area contributed by atoms with Crippen molar-refractivity contribution in [1.82, 2.24) is 0 Å². The van der Waals surface area contributed by atoms with E-state index in [1.807, 2.05) is 86.7 Å². The number of benzene rings is 2. The van der Waals surface area contributed by atoms with Crippen LogP contribution in [0.5, 0.6) is 0 Å². The highest BCUT2D eigenvalue weighted by atomic mass is 16.1. The SMILES string of the molecule is CC=C(C(=O)C(=CC)c1ccccc1)c1ccccc1. The molecule has 0 radical (unpaired) electrons. The number of ketones is 1. The van der Waals surface area contributed by atoms with E-state index in [9.17, 15) is 4.79 Å². The predicted molar refractivity (Wildman–Crippen MR) is 85.2 cm³/mol. The number of carbonyl (C=O) groups is 1. The predicted octanol–water partition coefficient (Wildman–Crippen LogP) is 4.76. The van der Waals surface area contributed by atoms with E-state index in [2.05, 4.69) is 0 Å². The van der Waals surface area contributed by atoms with Crippen molar-refractivity contribution in [2.75, 3.05) is 0 Å². The molecule has 0 atom stereocenters. The highest BCUT2D eigenvalue weighted by molar-refractivity contribution is 6.42. The number of Topliss-reactive ketones (excluding diaryl/α,β-unsaturated/α-hetero) is 1. The zero-order chi connectivity index (χ0) is 14.4. The van der Waals surface area contributed by atoms with Crippen molar-refractivity contribution >= 4 is 16.9 Å². The van der Waals surface area contributed by atoms with Gasteiger partial charge in [0, 0.05) is 11.1 Å². The summed E-state index contributed by atoms with van der Waals surface area (Å²) < 4.78 is 0. The minimum Gasteiger partial charge on any atom is -0.289 e. The standard InChI is InChI=1S/C19H18O/c1-3-17(15-11-7-5-8-12-15)19(20)18(4-2)16-13-9-6-10-14-16/h3-14H,1-2H3. The maximum Gasteiger partial charge on any atom is 0.193 e. The van der Waals surface area contributed by atoms with Crippen LogP contribution >= 0.6 is 0 Å². The molecule has 0 saturated carbocycles. The van der Waals surface area contributed by atoms with Gasteiger partial charge in [-0.25, -0.2) is 0 Å². The Bertz CT molecular complexity index is 576. The molecule has 0 aliphatic heterocycles. The molecular formula is C19H18O. The summed E-state index contributed by atoms with van der Waals surface area (Å²) in [5, 5.41) is 0. The third-order valence-corrected chi connectivity index (χ3v) is 3.24. The Morgan fingerprint density at radius 2 is 1.05 bits per heavy atom. The lowest BCUT2D eigenvalue weighted by Gasteiger charge is -2.10. The molecule has 0 fully saturated rings. The van der Waals surface area contributed by atoms with Gasteiger partial charge in [0.1, 0.15) is 0 Å². The van der Waals surface area contributed by atoms with E-state index < -0.39 is 0 Å². The monoisotopic (exact) mass is 262 g/mol. The highest BCUT2D eigenvalue weighted by Gasteiger charge is 2.16. The van der Waals surface area contributed by atoms with Crippen molar-refractivity contribution in [2.24, 2.45) is 0 Å². The highest BCUT2D eigenvalue weighted by Crippen LogP contribution is 2.24. The maximum atomic E-state index is 12.8. The van der Waals surface area contributed by atoms with Crippen molar-refractivity contribution < 1.29 is 4.79 Å². The number of hydrogen-bond acceptors (Lipinski definition) is 1. The van der Waals surface area contributed by atoms with Gasteiger partial charge in [0.05, 0.1) is 0 Å². The van der Waals surface area contributed by atoms with Gasteiger partial charge in [0.15, 0.2) is 5.78 Å². The zero-order valence-corrected chi connectivity index (χ0v) is 11.8. The molecule has 1 heteroatoms. The first-order chi connectivity index (χ1) is 9.77. The fraction of sp³-hybridized carbons (Fsp3) is 0.105. The van der Waals surface area contributed by atoms with Gasteiger partial charge in [0.2, 0.25) is 0 Å². The topological polar surface area (TPSA) is 17.1 Å². The molecule has 0 aliphatic carbocycles. The van der Waals surface area contributed by atoms with Crippen molar-refractivity contribution in [3.05, 3.63) is 83.9 Å². The molecule has 2 aromatic carbocycles. The normalized spacial score (nSPS) is 12.3. The summed E-state index contributed by atoms with van der Waals surface area (Å²) in [5.41, 5.74) is 3.38. The molecule has 0 aliphatic rings. The van der Waals surface area contributed by atoms with E-state index in [1.54, 1.807) is 0 Å². The minimum absolute atomic E-state index is 0.0624. The van der Waals surface area contributed by atoms with Gasteiger partial charge in [-0.15, -0.1) is 0 Å². The van der Waals surface area contributed by atoms with Crippen LogP contribution in [-0.4, -0.2) is 5.78 Å². The Hall–Kier alpha value is -2.41. The summed E-state index contributed by atoms with van der Waals surface area (Å²) in [6.45, 7) is 3.80. The van der Waals surface area contributed by atoms with Crippen LogP contribution in [0, 0.1) is 0 Å². The third-order valence-electron chi connectivity index (χ3n) is 3.24. The second-order valence-electron chi connectivity index (χ2n) is 4.47. The van der Waals surface area contributed by atoms with Crippen LogP contribution in [-0.2, 0) is 4.79 Å². The number of carbonyl (C=O) groups excluding carboxylic acids is 1. The lowest BCUT2D eigenvalue weighted by molar-refractivity contribution is -0.108. The first-order valence-corrected chi connectivity index (χ1v) is 6.76. The van der Waals surface area contributed by atoms with E-state index in [0.717, 1.165) is 22.3 Å². The average molecular weight is 262 g/mol. The molecular weight excluding hydrogens is 244 g/mol. The van der Waals surface area contributed by atoms with Crippen molar-refractivity contribution in [2.45, 2.75) is 13.8 Å². The molecule has 0 aromatic heterocycles. The van der Waals surface area contributed by atoms with E-state index in [0.29, 0.717) is 0 Å². The first kappa shape index (κ1) is 14.0. The molecule has 100 valence electrons. The average Bonchev–Trinajstić information content (AvgIpc) is 2.51. The molecule has 0 bridgehead atoms. The summed E-state index contributed by atoms with van der Waals surface area (Å²) in [6, 6.07) is 19.6. The number of hydrogen-bond donors (Lipinski definition) is 0. The summed E-state index contributed by atoms with van der Waals surface area (Å²) >= 11 is 0. The Balaban J connectivity index is 2.39. The Morgan fingerprint density at radius 1 is 0.700 bits per heavy atom. The molecule has 1 nitrogen and oxygen atoms in total. The number of allylic oxidation sites excluding steroid dienone is 4. The smallest absolute Gasteiger partial charge is 0.193 e. The van der Waals surface area contributed by atoms with Crippen LogP contribution in [0.1, 0.15) is 25.0 Å². The fourth-order valence-electron chi connectivity index (χ4n) is 2.24. The molecule has 2 rings (SSSR count). The Kier molecular flexibility index (Phi) is 4.67. The molecule has 0 N–H and O–H groups in total. The molecule has 0 saturated heterocycles. The molecule has 0 spiro atoms. The van der Waals surface area contributed by atoms with Gasteiger partial charge in [-0.2, -0.15) is 0 Å². The molecule has 0 unspecified atom stereocenters. The maximum absolute atomic E-state index is 12.8. The van der Waals surface area contributed by atoms with Gasteiger partial charge < -0.3 is 0 Å². The van der Waals surface area contributed by atoms with E-state index in [4.69, 9.17) is 0 Å². The fourth-order valence-corrected chi connectivity index (χ4v) is 2.24. The second-order valence-corrected chi connectivity index (χ2v) is 4.47. The van der Waals surface area contributed by atoms with Crippen LogP contribution in [0.25, 0.3) is 11.1 Å². The third kappa shape index (κ3) is 2.94. The lowest BCUT2D eigenvalue weighted by Crippen LogP contribution is -2.05. The quantitative estimate of drug-likeness (QED) is 0.726. The molecule has 0 heterocycles. The van der Waals surface area contributed by atoms with E-state index >= 15 is 0 Å². The van der Waals surface area contributed by atoms with Gasteiger partial charge in [0.25, 0.3) is 0 Å². The van der Waals surface area contributed by atoms with Crippen molar-refractivity contribution in [3.8, 4) is 0 Å². The lowest BCUT2D eigenvalue weighted by atomic mass is 9.92. The molecule has 0 amide bonds. The molecule has 20 heavy (non-hydrogen) atoms. The number of rotatable bonds is 4. The van der Waals surface area contributed by atoms with Crippen molar-refractivity contribution in [1.29, 1.82) is 0 Å². The van der Waals surface area contributed by atoms with Gasteiger partial charge in [-0.05, 0) is 25.0 Å². The summed E-state index contributed by atoms with van der Waals surface area (Å²) in [6.07, 6.45) is 3.76. The first-order valence-electron chi connectivity index (χ1n) is 6.76. The zero-order valence-electron chi connectivity index (χ0n) is 11.8. The van der Waals surface area contributed by atoms with Crippen LogP contribution in [0.3, 0.4) is 0 Å². The minimum atomic E-state index is 0.0624. The summed E-state index contributed by atoms with van der Waals surface area (Å²) in [4.78, 5) is 12.8. The van der Waals surface area contributed by atoms with Gasteiger partial charge in [-0.1, -0.05) is 72.8 Å². The Labute approximate surface area is 120 Å². The molecule has 2 aromatic rings. The summed E-state index contributed by atoms with van der Waals surface area (Å²) in [5.74, 6) is 0.0624. The second kappa shape index (κ2) is 6.67. The van der Waals surface area contributed by atoms with Crippen LogP contribution in [0.4, 0.5) is 0 Å². The van der Waals surface area contributed by atoms with Crippen LogP contribution in [0.2, 0.25) is 0 Å². The van der Waals surface area contributed by atoms with Gasteiger partial charge in [-0.3, -0.25) is 4.79 Å². The van der Waals surface area contributed by atoms with Gasteiger partial charge >= 0.3 is 0 Å². The summed E-state index contributed by atoms with van der Waals surface area (Å²) in [7, 11) is 0. The van der Waals surface area contributed by atoms with Crippen molar-refractivity contribution in [3.63, 3.8) is 0 Å². The van der Waals surface area contributed by atoms with E-state index in [-0.39, 0.29) is 5.78 Å².